The van der Waals surface area contributed by atoms with Gasteiger partial charge in [-0.15, -0.1) is 0 Å². The zero-order valence-corrected chi connectivity index (χ0v) is 14.7. The van der Waals surface area contributed by atoms with Crippen molar-refractivity contribution in [1.29, 1.82) is 0 Å². The van der Waals surface area contributed by atoms with Gasteiger partial charge in [0.05, 0.1) is 5.25 Å². The molecule has 1 aliphatic heterocycles. The van der Waals surface area contributed by atoms with Crippen molar-refractivity contribution in [3.63, 3.8) is 0 Å². The first-order chi connectivity index (χ1) is 11.6. The zero-order valence-electron chi connectivity index (χ0n) is 13.9. The number of aromatic nitrogens is 1. The van der Waals surface area contributed by atoms with Crippen molar-refractivity contribution < 1.29 is 8.42 Å². The molecule has 2 aromatic rings. The highest BCUT2D eigenvalue weighted by atomic mass is 32.2. The Morgan fingerprint density at radius 2 is 2.08 bits per heavy atom. The van der Waals surface area contributed by atoms with Crippen LogP contribution in [0.3, 0.4) is 0 Å². The highest BCUT2D eigenvalue weighted by Gasteiger charge is 2.32. The predicted octanol–water partition coefficient (Wildman–Crippen LogP) is 2.26. The average molecular weight is 345 g/mol. The fourth-order valence-electron chi connectivity index (χ4n) is 3.15. The number of rotatable bonds is 6. The Balaban J connectivity index is 1.67. The van der Waals surface area contributed by atoms with Crippen molar-refractivity contribution in [3.05, 3.63) is 54.4 Å². The first-order valence-electron chi connectivity index (χ1n) is 8.28. The minimum atomic E-state index is -3.19. The number of sulfonamides is 1. The molecule has 0 amide bonds. The Hall–Kier alpha value is -1.76. The topological polar surface area (TPSA) is 62.3 Å². The lowest BCUT2D eigenvalue weighted by atomic mass is 10.0. The molecule has 0 unspecified atom stereocenters. The summed E-state index contributed by atoms with van der Waals surface area (Å²) < 4.78 is 26.9. The van der Waals surface area contributed by atoms with Gasteiger partial charge in [0, 0.05) is 32.0 Å². The van der Waals surface area contributed by atoms with Crippen molar-refractivity contribution in [1.82, 2.24) is 14.6 Å². The van der Waals surface area contributed by atoms with E-state index in [4.69, 9.17) is 0 Å². The normalized spacial score (nSPS) is 18.8. The molecule has 0 aliphatic carbocycles. The first-order valence-corrected chi connectivity index (χ1v) is 9.83. The van der Waals surface area contributed by atoms with E-state index in [0.717, 1.165) is 24.2 Å². The highest BCUT2D eigenvalue weighted by molar-refractivity contribution is 7.90. The van der Waals surface area contributed by atoms with Gasteiger partial charge in [-0.1, -0.05) is 31.2 Å². The van der Waals surface area contributed by atoms with Gasteiger partial charge < -0.3 is 0 Å². The Kier molecular flexibility index (Phi) is 5.28. The Bertz CT molecular complexity index is 778. The third kappa shape index (κ3) is 4.01. The SMILES string of the molecule is CCNS(=O)(=O)[C@H]1CCN(Cc2cccc(-c3cccnc3)c2)C1. The van der Waals surface area contributed by atoms with Gasteiger partial charge in [0.15, 0.2) is 0 Å². The van der Waals surface area contributed by atoms with Gasteiger partial charge >= 0.3 is 0 Å². The molecule has 1 saturated heterocycles. The van der Waals surface area contributed by atoms with Crippen molar-refractivity contribution in [2.45, 2.75) is 25.1 Å². The van der Waals surface area contributed by atoms with Gasteiger partial charge in [-0.3, -0.25) is 9.88 Å². The summed E-state index contributed by atoms with van der Waals surface area (Å²) in [4.78, 5) is 6.37. The number of benzene rings is 1. The fraction of sp³-hybridized carbons (Fsp3) is 0.389. The Labute approximate surface area is 143 Å². The average Bonchev–Trinajstić information content (AvgIpc) is 3.05. The van der Waals surface area contributed by atoms with Crippen LogP contribution in [0.5, 0.6) is 0 Å². The van der Waals surface area contributed by atoms with Gasteiger partial charge in [0.25, 0.3) is 0 Å². The van der Waals surface area contributed by atoms with Crippen molar-refractivity contribution in [3.8, 4) is 11.1 Å². The second-order valence-corrected chi connectivity index (χ2v) is 8.18. The molecule has 0 spiro atoms. The predicted molar refractivity (Wildman–Crippen MR) is 96.0 cm³/mol. The molecule has 3 rings (SSSR count). The van der Waals surface area contributed by atoms with Crippen LogP contribution in [0, 0.1) is 0 Å². The molecule has 2 heterocycles. The van der Waals surface area contributed by atoms with Crippen molar-refractivity contribution in [2.75, 3.05) is 19.6 Å². The van der Waals surface area contributed by atoms with Gasteiger partial charge in [-0.05, 0) is 41.8 Å². The maximum absolute atomic E-state index is 12.1. The highest BCUT2D eigenvalue weighted by Crippen LogP contribution is 2.22. The molecule has 0 radical (unpaired) electrons. The largest absolute Gasteiger partial charge is 0.298 e. The van der Waals surface area contributed by atoms with Crippen molar-refractivity contribution >= 4 is 10.0 Å². The van der Waals surface area contributed by atoms with E-state index in [1.165, 1.54) is 5.56 Å². The smallest absolute Gasteiger partial charge is 0.215 e. The quantitative estimate of drug-likeness (QED) is 0.872. The molecule has 5 nitrogen and oxygen atoms in total. The second-order valence-electron chi connectivity index (χ2n) is 6.13. The van der Waals surface area contributed by atoms with Crippen LogP contribution in [-0.2, 0) is 16.6 Å². The third-order valence-electron chi connectivity index (χ3n) is 4.34. The van der Waals surface area contributed by atoms with Crippen LogP contribution in [0.15, 0.2) is 48.8 Å². The van der Waals surface area contributed by atoms with Gasteiger partial charge in [-0.2, -0.15) is 0 Å². The maximum atomic E-state index is 12.1. The minimum Gasteiger partial charge on any atom is -0.298 e. The summed E-state index contributed by atoms with van der Waals surface area (Å²) in [6.07, 6.45) is 4.31. The standard InChI is InChI=1S/C18H23N3O2S/c1-2-20-24(22,23)18-8-10-21(14-18)13-15-5-3-6-16(11-15)17-7-4-9-19-12-17/h3-7,9,11-12,18,20H,2,8,10,13-14H2,1H3/t18-/m0/s1. The van der Waals surface area contributed by atoms with Crippen LogP contribution in [0.25, 0.3) is 11.1 Å². The van der Waals surface area contributed by atoms with E-state index in [1.54, 1.807) is 6.20 Å². The van der Waals surface area contributed by atoms with E-state index >= 15 is 0 Å². The van der Waals surface area contributed by atoms with E-state index in [2.05, 4.69) is 32.8 Å². The zero-order chi connectivity index (χ0) is 17.0. The van der Waals surface area contributed by atoms with Gasteiger partial charge in [0.1, 0.15) is 0 Å². The van der Waals surface area contributed by atoms with Gasteiger partial charge in [-0.25, -0.2) is 13.1 Å². The minimum absolute atomic E-state index is 0.307. The number of nitrogens with zero attached hydrogens (tertiary/aromatic N) is 2. The lowest BCUT2D eigenvalue weighted by Gasteiger charge is -2.17. The van der Waals surface area contributed by atoms with Crippen LogP contribution in [-0.4, -0.2) is 43.2 Å². The molecule has 1 atom stereocenters. The van der Waals surface area contributed by atoms with E-state index < -0.39 is 10.0 Å². The molecule has 0 saturated carbocycles. The molecule has 0 bridgehead atoms. The number of hydrogen-bond donors (Lipinski definition) is 1. The van der Waals surface area contributed by atoms with E-state index in [-0.39, 0.29) is 5.25 Å². The number of likely N-dealkylation sites (tertiary alicyclic amines) is 1. The summed E-state index contributed by atoms with van der Waals surface area (Å²) in [5, 5.41) is -0.307. The molecular weight excluding hydrogens is 322 g/mol. The van der Waals surface area contributed by atoms with Crippen LogP contribution in [0.1, 0.15) is 18.9 Å². The van der Waals surface area contributed by atoms with E-state index in [0.29, 0.717) is 19.5 Å². The molecule has 24 heavy (non-hydrogen) atoms. The molecule has 1 fully saturated rings. The maximum Gasteiger partial charge on any atom is 0.215 e. The van der Waals surface area contributed by atoms with Crippen LogP contribution in [0.2, 0.25) is 0 Å². The molecule has 1 aromatic carbocycles. The lowest BCUT2D eigenvalue weighted by Crippen LogP contribution is -2.36. The number of pyridine rings is 1. The Morgan fingerprint density at radius 3 is 2.83 bits per heavy atom. The molecule has 1 aliphatic rings. The third-order valence-corrected chi connectivity index (χ3v) is 6.30. The van der Waals surface area contributed by atoms with Crippen LogP contribution in [0.4, 0.5) is 0 Å². The molecular formula is C18H23N3O2S. The molecule has 1 aromatic heterocycles. The molecule has 1 N–H and O–H groups in total. The number of nitrogens with one attached hydrogen (secondary N) is 1. The van der Waals surface area contributed by atoms with Gasteiger partial charge in [0.2, 0.25) is 10.0 Å². The molecule has 128 valence electrons. The monoisotopic (exact) mass is 345 g/mol. The summed E-state index contributed by atoms with van der Waals surface area (Å²) in [6, 6.07) is 12.3. The van der Waals surface area contributed by atoms with Crippen LogP contribution >= 0.6 is 0 Å². The molecule has 6 heteroatoms. The van der Waals surface area contributed by atoms with Crippen LogP contribution < -0.4 is 4.72 Å². The van der Waals surface area contributed by atoms with Crippen molar-refractivity contribution in [2.24, 2.45) is 0 Å². The first kappa shape index (κ1) is 17.1. The fourth-order valence-corrected chi connectivity index (χ4v) is 4.61. The summed E-state index contributed by atoms with van der Waals surface area (Å²) in [5.41, 5.74) is 3.42. The lowest BCUT2D eigenvalue weighted by molar-refractivity contribution is 0.331. The van der Waals surface area contributed by atoms with E-state index in [1.807, 2.05) is 31.3 Å². The second kappa shape index (κ2) is 7.42. The number of hydrogen-bond acceptors (Lipinski definition) is 4. The summed E-state index contributed by atoms with van der Waals surface area (Å²) in [6.45, 7) is 4.44. The summed E-state index contributed by atoms with van der Waals surface area (Å²) in [5.74, 6) is 0. The Morgan fingerprint density at radius 1 is 1.25 bits per heavy atom. The summed E-state index contributed by atoms with van der Waals surface area (Å²) in [7, 11) is -3.19. The van der Waals surface area contributed by atoms with E-state index in [9.17, 15) is 8.42 Å². The summed E-state index contributed by atoms with van der Waals surface area (Å²) >= 11 is 0.